The zero-order valence-corrected chi connectivity index (χ0v) is 16.8. The van der Waals surface area contributed by atoms with Crippen molar-refractivity contribution in [2.24, 2.45) is 4.99 Å². The molecule has 0 aliphatic heterocycles. The first-order valence-corrected chi connectivity index (χ1v) is 10.1. The molecule has 0 spiro atoms. The van der Waals surface area contributed by atoms with E-state index < -0.39 is 17.0 Å². The van der Waals surface area contributed by atoms with E-state index in [4.69, 9.17) is 0 Å². The number of aromatic amines is 1. The minimum Gasteiger partial charge on any atom is -0.319 e. The van der Waals surface area contributed by atoms with Crippen molar-refractivity contribution in [1.82, 2.24) is 14.1 Å². The summed E-state index contributed by atoms with van der Waals surface area (Å²) in [7, 11) is 0. The molecule has 2 heterocycles. The maximum absolute atomic E-state index is 14.0. The fraction of sp³-hybridized carbons (Fsp3) is 0.143. The van der Waals surface area contributed by atoms with Gasteiger partial charge in [-0.3, -0.25) is 14.4 Å². The lowest BCUT2D eigenvalue weighted by Crippen LogP contribution is -2.36. The third kappa shape index (κ3) is 3.67. The zero-order chi connectivity index (χ0) is 21.3. The van der Waals surface area contributed by atoms with Gasteiger partial charge >= 0.3 is 11.1 Å². The van der Waals surface area contributed by atoms with E-state index in [9.17, 15) is 18.8 Å². The van der Waals surface area contributed by atoms with Crippen LogP contribution in [0.3, 0.4) is 0 Å². The van der Waals surface area contributed by atoms with Gasteiger partial charge in [0, 0.05) is 29.2 Å². The van der Waals surface area contributed by atoms with Crippen LogP contribution in [0.15, 0.2) is 68.6 Å². The Labute approximate surface area is 173 Å². The lowest BCUT2D eigenvalue weighted by molar-refractivity contribution is 0.0998. The number of carbonyl (C=O) groups is 1. The Bertz CT molecular complexity index is 1440. The van der Waals surface area contributed by atoms with E-state index in [2.05, 4.69) is 9.98 Å². The fourth-order valence-electron chi connectivity index (χ4n) is 3.19. The molecule has 4 rings (SSSR count). The predicted octanol–water partition coefficient (Wildman–Crippen LogP) is 2.50. The molecule has 1 N–H and O–H groups in total. The maximum Gasteiger partial charge on any atom is 0.316 e. The molecule has 2 aromatic heterocycles. The van der Waals surface area contributed by atoms with E-state index in [1.54, 1.807) is 53.4 Å². The fourth-order valence-corrected chi connectivity index (χ4v) is 3.92. The van der Waals surface area contributed by atoms with Gasteiger partial charge in [0.15, 0.2) is 4.80 Å². The van der Waals surface area contributed by atoms with Crippen LogP contribution in [0.2, 0.25) is 0 Å². The van der Waals surface area contributed by atoms with Crippen molar-refractivity contribution in [2.45, 2.75) is 20.0 Å². The van der Waals surface area contributed by atoms with Gasteiger partial charge in [0.1, 0.15) is 5.82 Å². The molecule has 0 saturated carbocycles. The van der Waals surface area contributed by atoms with Crippen molar-refractivity contribution < 1.29 is 9.18 Å². The number of aromatic nitrogens is 3. The summed E-state index contributed by atoms with van der Waals surface area (Å²) in [4.78, 5) is 43.7. The smallest absolute Gasteiger partial charge is 0.316 e. The number of benzene rings is 2. The van der Waals surface area contributed by atoms with Gasteiger partial charge in [-0.05, 0) is 31.2 Å². The van der Waals surface area contributed by atoms with Crippen molar-refractivity contribution in [3.63, 3.8) is 0 Å². The average molecular weight is 424 g/mol. The number of amides is 1. The van der Waals surface area contributed by atoms with Gasteiger partial charge in [-0.2, -0.15) is 4.99 Å². The van der Waals surface area contributed by atoms with Crippen molar-refractivity contribution in [3.05, 3.63) is 96.5 Å². The van der Waals surface area contributed by atoms with E-state index in [-0.39, 0.29) is 17.9 Å². The molecule has 0 aliphatic rings. The molecule has 9 heteroatoms. The van der Waals surface area contributed by atoms with Gasteiger partial charge < -0.3 is 14.1 Å². The molecule has 7 nitrogen and oxygen atoms in total. The SMILES string of the molecule is CCn1c(=O)c(=O)[nH]c2cc(C(=O)N=c3sccn3Cc3ccccc3F)ccc21. The van der Waals surface area contributed by atoms with Crippen molar-refractivity contribution in [3.8, 4) is 0 Å². The van der Waals surface area contributed by atoms with Crippen LogP contribution >= 0.6 is 11.3 Å². The van der Waals surface area contributed by atoms with Gasteiger partial charge in [-0.25, -0.2) is 4.39 Å². The summed E-state index contributed by atoms with van der Waals surface area (Å²) in [5.74, 6) is -0.828. The first kappa shape index (κ1) is 19.7. The van der Waals surface area contributed by atoms with E-state index in [0.717, 1.165) is 0 Å². The number of fused-ring (bicyclic) bond motifs is 1. The van der Waals surface area contributed by atoms with E-state index >= 15 is 0 Å². The standard InChI is InChI=1S/C21H17FN4O3S/c1-2-26-17-8-7-13(11-16(17)23-19(28)20(26)29)18(27)24-21-25(9-10-30-21)12-14-5-3-4-6-15(14)22/h3-11H,2,12H2,1H3,(H,23,28). The van der Waals surface area contributed by atoms with Crippen LogP contribution in [-0.4, -0.2) is 20.0 Å². The zero-order valence-electron chi connectivity index (χ0n) is 16.0. The molecule has 0 radical (unpaired) electrons. The van der Waals surface area contributed by atoms with Gasteiger partial charge in [0.25, 0.3) is 5.91 Å². The number of rotatable bonds is 4. The molecule has 0 saturated heterocycles. The van der Waals surface area contributed by atoms with Crippen molar-refractivity contribution in [2.75, 3.05) is 0 Å². The predicted molar refractivity (Wildman–Crippen MR) is 112 cm³/mol. The first-order chi connectivity index (χ1) is 14.5. The summed E-state index contributed by atoms with van der Waals surface area (Å²) in [6, 6.07) is 11.1. The summed E-state index contributed by atoms with van der Waals surface area (Å²) in [5, 5.41) is 1.77. The minimum absolute atomic E-state index is 0.246. The van der Waals surface area contributed by atoms with E-state index in [1.807, 2.05) is 0 Å². The molecule has 0 aliphatic carbocycles. The second kappa shape index (κ2) is 8.03. The molecule has 0 atom stereocenters. The van der Waals surface area contributed by atoms with Crippen LogP contribution in [0.4, 0.5) is 4.39 Å². The van der Waals surface area contributed by atoms with Crippen LogP contribution in [0.25, 0.3) is 11.0 Å². The average Bonchev–Trinajstić information content (AvgIpc) is 3.17. The van der Waals surface area contributed by atoms with Crippen LogP contribution < -0.4 is 15.9 Å². The van der Waals surface area contributed by atoms with Crippen molar-refractivity contribution in [1.29, 1.82) is 0 Å². The molecule has 0 bridgehead atoms. The van der Waals surface area contributed by atoms with Gasteiger partial charge in [-0.1, -0.05) is 18.2 Å². The van der Waals surface area contributed by atoms with Crippen LogP contribution in [0.5, 0.6) is 0 Å². The van der Waals surface area contributed by atoms with Crippen LogP contribution in [0.1, 0.15) is 22.8 Å². The highest BCUT2D eigenvalue weighted by Crippen LogP contribution is 2.13. The Morgan fingerprint density at radius 3 is 2.77 bits per heavy atom. The number of H-pyrrole nitrogens is 1. The summed E-state index contributed by atoms with van der Waals surface area (Å²) in [6.45, 7) is 2.35. The second-order valence-corrected chi connectivity index (χ2v) is 7.43. The Morgan fingerprint density at radius 1 is 1.20 bits per heavy atom. The number of aryl methyl sites for hydroxylation is 1. The molecule has 2 aromatic carbocycles. The second-order valence-electron chi connectivity index (χ2n) is 6.56. The maximum atomic E-state index is 14.0. The number of thiazole rings is 1. The Balaban J connectivity index is 1.72. The Morgan fingerprint density at radius 2 is 2.00 bits per heavy atom. The molecule has 0 unspecified atom stereocenters. The van der Waals surface area contributed by atoms with Crippen LogP contribution in [0, 0.1) is 5.82 Å². The number of nitrogens with one attached hydrogen (secondary N) is 1. The minimum atomic E-state index is -0.744. The quantitative estimate of drug-likeness (QED) is 0.511. The third-order valence-corrected chi connectivity index (χ3v) is 5.49. The molecule has 4 aromatic rings. The number of halogens is 1. The largest absolute Gasteiger partial charge is 0.319 e. The lowest BCUT2D eigenvalue weighted by Gasteiger charge is -2.07. The van der Waals surface area contributed by atoms with Gasteiger partial charge in [-0.15, -0.1) is 11.3 Å². The van der Waals surface area contributed by atoms with Gasteiger partial charge in [0.05, 0.1) is 17.6 Å². The number of carbonyl (C=O) groups excluding carboxylic acids is 1. The summed E-state index contributed by atoms with van der Waals surface area (Å²) >= 11 is 1.26. The van der Waals surface area contributed by atoms with Gasteiger partial charge in [0.2, 0.25) is 0 Å². The number of hydrogen-bond acceptors (Lipinski definition) is 4. The normalized spacial score (nSPS) is 11.9. The number of nitrogens with zero attached hydrogens (tertiary/aromatic N) is 3. The van der Waals surface area contributed by atoms with E-state index in [1.165, 1.54) is 28.0 Å². The highest BCUT2D eigenvalue weighted by Gasteiger charge is 2.11. The summed E-state index contributed by atoms with van der Waals surface area (Å²) < 4.78 is 17.0. The third-order valence-electron chi connectivity index (χ3n) is 4.69. The highest BCUT2D eigenvalue weighted by atomic mass is 32.1. The highest BCUT2D eigenvalue weighted by molar-refractivity contribution is 7.07. The van der Waals surface area contributed by atoms with E-state index in [0.29, 0.717) is 27.9 Å². The summed E-state index contributed by atoms with van der Waals surface area (Å²) in [5.41, 5.74) is 0.293. The first-order valence-electron chi connectivity index (χ1n) is 9.21. The Hall–Kier alpha value is -3.59. The topological polar surface area (TPSA) is 89.2 Å². The molecular formula is C21H17FN4O3S. The molecule has 152 valence electrons. The summed E-state index contributed by atoms with van der Waals surface area (Å²) in [6.07, 6.45) is 1.74. The molecule has 0 fully saturated rings. The lowest BCUT2D eigenvalue weighted by atomic mass is 10.2. The number of hydrogen-bond donors (Lipinski definition) is 1. The molecule has 30 heavy (non-hydrogen) atoms. The molecular weight excluding hydrogens is 407 g/mol. The molecule has 1 amide bonds. The van der Waals surface area contributed by atoms with Crippen LogP contribution in [-0.2, 0) is 13.1 Å². The van der Waals surface area contributed by atoms with Crippen molar-refractivity contribution >= 4 is 28.3 Å². The Kier molecular flexibility index (Phi) is 5.28. The monoisotopic (exact) mass is 424 g/mol.